The van der Waals surface area contributed by atoms with Gasteiger partial charge in [0.25, 0.3) is 5.91 Å². The Hall–Kier alpha value is -1.75. The van der Waals surface area contributed by atoms with Crippen molar-refractivity contribution in [3.05, 3.63) is 24.3 Å². The van der Waals surface area contributed by atoms with Crippen molar-refractivity contribution < 1.29 is 14.3 Å². The van der Waals surface area contributed by atoms with Crippen LogP contribution < -0.4 is 14.8 Å². The number of amides is 1. The molecule has 0 radical (unpaired) electrons. The summed E-state index contributed by atoms with van der Waals surface area (Å²) in [5.41, 5.74) is 0. The first kappa shape index (κ1) is 14.7. The highest BCUT2D eigenvalue weighted by molar-refractivity contribution is 5.78. The Morgan fingerprint density at radius 3 is 2.70 bits per heavy atom. The predicted octanol–water partition coefficient (Wildman–Crippen LogP) is 1.28. The van der Waals surface area contributed by atoms with E-state index in [1.807, 2.05) is 36.1 Å². The Labute approximate surface area is 119 Å². The third-order valence-corrected chi connectivity index (χ3v) is 3.22. The highest BCUT2D eigenvalue weighted by Crippen LogP contribution is 2.26. The van der Waals surface area contributed by atoms with Crippen molar-refractivity contribution in [1.82, 2.24) is 10.2 Å². The van der Waals surface area contributed by atoms with Crippen LogP contribution in [0.4, 0.5) is 0 Å². The van der Waals surface area contributed by atoms with E-state index in [0.29, 0.717) is 24.1 Å². The molecule has 1 saturated heterocycles. The van der Waals surface area contributed by atoms with Gasteiger partial charge in [-0.1, -0.05) is 12.1 Å². The highest BCUT2D eigenvalue weighted by Gasteiger charge is 2.20. The minimum atomic E-state index is 0.0182. The Bertz CT molecular complexity index is 450. The van der Waals surface area contributed by atoms with Crippen molar-refractivity contribution in [3.8, 4) is 11.5 Å². The average Bonchev–Trinajstić information content (AvgIpc) is 2.46. The van der Waals surface area contributed by atoms with E-state index >= 15 is 0 Å². The van der Waals surface area contributed by atoms with Crippen LogP contribution in [-0.2, 0) is 4.79 Å². The molecule has 1 aromatic rings. The number of ether oxygens (including phenoxy) is 2. The number of piperazine rings is 1. The third-order valence-electron chi connectivity index (χ3n) is 3.22. The fourth-order valence-corrected chi connectivity index (χ4v) is 2.23. The van der Waals surface area contributed by atoms with Crippen LogP contribution in [0.5, 0.6) is 11.5 Å². The summed E-state index contributed by atoms with van der Waals surface area (Å²) in [5.74, 6) is 1.31. The molecule has 0 spiro atoms. The standard InChI is InChI=1S/C15H22N2O3/c1-3-19-13-6-4-5-7-14(13)20-11-15(18)17-9-8-16-12(2)10-17/h4-7,12,16H,3,8-11H2,1-2H3. The van der Waals surface area contributed by atoms with Crippen molar-refractivity contribution in [2.75, 3.05) is 32.8 Å². The van der Waals surface area contributed by atoms with Crippen molar-refractivity contribution in [3.63, 3.8) is 0 Å². The van der Waals surface area contributed by atoms with Gasteiger partial charge in [-0.3, -0.25) is 4.79 Å². The van der Waals surface area contributed by atoms with Crippen LogP contribution in [0, 0.1) is 0 Å². The SMILES string of the molecule is CCOc1ccccc1OCC(=O)N1CCNC(C)C1. The molecular formula is C15H22N2O3. The van der Waals surface area contributed by atoms with E-state index in [1.54, 1.807) is 0 Å². The lowest BCUT2D eigenvalue weighted by atomic mass is 10.2. The van der Waals surface area contributed by atoms with Gasteiger partial charge in [0.05, 0.1) is 6.61 Å². The molecule has 1 aliphatic heterocycles. The summed E-state index contributed by atoms with van der Waals surface area (Å²) in [6.45, 7) is 6.92. The molecule has 0 bridgehead atoms. The number of carbonyl (C=O) groups excluding carboxylic acids is 1. The maximum absolute atomic E-state index is 12.1. The van der Waals surface area contributed by atoms with Gasteiger partial charge in [0, 0.05) is 25.7 Å². The smallest absolute Gasteiger partial charge is 0.260 e. The first-order valence-electron chi connectivity index (χ1n) is 7.06. The number of benzene rings is 1. The first-order valence-corrected chi connectivity index (χ1v) is 7.06. The second kappa shape index (κ2) is 7.14. The zero-order chi connectivity index (χ0) is 14.4. The van der Waals surface area contributed by atoms with Crippen LogP contribution in [-0.4, -0.2) is 49.7 Å². The Balaban J connectivity index is 1.89. The monoisotopic (exact) mass is 278 g/mol. The van der Waals surface area contributed by atoms with Crippen LogP contribution in [0.2, 0.25) is 0 Å². The lowest BCUT2D eigenvalue weighted by Crippen LogP contribution is -2.52. The molecule has 0 aliphatic carbocycles. The summed E-state index contributed by atoms with van der Waals surface area (Å²) >= 11 is 0. The molecule has 1 aliphatic rings. The van der Waals surface area contributed by atoms with Crippen molar-refractivity contribution in [2.24, 2.45) is 0 Å². The quantitative estimate of drug-likeness (QED) is 0.881. The number of hydrogen-bond donors (Lipinski definition) is 1. The Kier molecular flexibility index (Phi) is 5.24. The van der Waals surface area contributed by atoms with Gasteiger partial charge in [-0.25, -0.2) is 0 Å². The van der Waals surface area contributed by atoms with Gasteiger partial charge in [0.2, 0.25) is 0 Å². The van der Waals surface area contributed by atoms with Crippen LogP contribution in [0.15, 0.2) is 24.3 Å². The highest BCUT2D eigenvalue weighted by atomic mass is 16.5. The number of rotatable bonds is 5. The molecule has 2 rings (SSSR count). The molecule has 1 unspecified atom stereocenters. The van der Waals surface area contributed by atoms with Crippen LogP contribution in [0.1, 0.15) is 13.8 Å². The summed E-state index contributed by atoms with van der Waals surface area (Å²) < 4.78 is 11.1. The molecule has 1 N–H and O–H groups in total. The predicted molar refractivity (Wildman–Crippen MR) is 77.2 cm³/mol. The van der Waals surface area contributed by atoms with Gasteiger partial charge in [-0.15, -0.1) is 0 Å². The van der Waals surface area contributed by atoms with E-state index in [2.05, 4.69) is 12.2 Å². The normalized spacial score (nSPS) is 18.7. The maximum atomic E-state index is 12.1. The molecule has 110 valence electrons. The summed E-state index contributed by atoms with van der Waals surface area (Å²) in [6.07, 6.45) is 0. The van der Waals surface area contributed by atoms with E-state index in [1.165, 1.54) is 0 Å². The van der Waals surface area contributed by atoms with E-state index in [0.717, 1.165) is 19.6 Å². The Morgan fingerprint density at radius 1 is 1.35 bits per heavy atom. The summed E-state index contributed by atoms with van der Waals surface area (Å²) in [7, 11) is 0. The van der Waals surface area contributed by atoms with E-state index < -0.39 is 0 Å². The van der Waals surface area contributed by atoms with Crippen LogP contribution >= 0.6 is 0 Å². The van der Waals surface area contributed by atoms with Crippen LogP contribution in [0.25, 0.3) is 0 Å². The number of carbonyl (C=O) groups is 1. The van der Waals surface area contributed by atoms with Crippen molar-refractivity contribution in [1.29, 1.82) is 0 Å². The Morgan fingerprint density at radius 2 is 2.05 bits per heavy atom. The van der Waals surface area contributed by atoms with Gasteiger partial charge in [0.15, 0.2) is 18.1 Å². The van der Waals surface area contributed by atoms with Crippen molar-refractivity contribution >= 4 is 5.91 Å². The minimum absolute atomic E-state index is 0.0182. The van der Waals surface area contributed by atoms with Crippen LogP contribution in [0.3, 0.4) is 0 Å². The lowest BCUT2D eigenvalue weighted by Gasteiger charge is -2.31. The summed E-state index contributed by atoms with van der Waals surface area (Å²) in [4.78, 5) is 14.0. The molecule has 1 heterocycles. The van der Waals surface area contributed by atoms with E-state index in [4.69, 9.17) is 9.47 Å². The van der Waals surface area contributed by atoms with Gasteiger partial charge in [-0.05, 0) is 26.0 Å². The molecule has 5 heteroatoms. The second-order valence-electron chi connectivity index (χ2n) is 4.86. The van der Waals surface area contributed by atoms with E-state index in [-0.39, 0.29) is 12.5 Å². The van der Waals surface area contributed by atoms with Crippen molar-refractivity contribution in [2.45, 2.75) is 19.9 Å². The topological polar surface area (TPSA) is 50.8 Å². The number of hydrogen-bond acceptors (Lipinski definition) is 4. The fraction of sp³-hybridized carbons (Fsp3) is 0.533. The number of nitrogens with zero attached hydrogens (tertiary/aromatic N) is 1. The lowest BCUT2D eigenvalue weighted by molar-refractivity contribution is -0.134. The molecule has 5 nitrogen and oxygen atoms in total. The minimum Gasteiger partial charge on any atom is -0.490 e. The second-order valence-corrected chi connectivity index (χ2v) is 4.86. The summed E-state index contributed by atoms with van der Waals surface area (Å²) in [6, 6.07) is 7.75. The zero-order valence-corrected chi connectivity index (χ0v) is 12.1. The molecule has 1 amide bonds. The molecule has 1 aromatic carbocycles. The fourth-order valence-electron chi connectivity index (χ4n) is 2.23. The largest absolute Gasteiger partial charge is 0.490 e. The average molecular weight is 278 g/mol. The molecular weight excluding hydrogens is 256 g/mol. The molecule has 20 heavy (non-hydrogen) atoms. The molecule has 0 saturated carbocycles. The number of para-hydroxylation sites is 2. The molecule has 1 atom stereocenters. The first-order chi connectivity index (χ1) is 9.70. The maximum Gasteiger partial charge on any atom is 0.260 e. The zero-order valence-electron chi connectivity index (χ0n) is 12.1. The number of nitrogens with one attached hydrogen (secondary N) is 1. The third kappa shape index (κ3) is 3.87. The van der Waals surface area contributed by atoms with E-state index in [9.17, 15) is 4.79 Å². The van der Waals surface area contributed by atoms with Gasteiger partial charge < -0.3 is 19.7 Å². The van der Waals surface area contributed by atoms with Gasteiger partial charge >= 0.3 is 0 Å². The van der Waals surface area contributed by atoms with Gasteiger partial charge in [-0.2, -0.15) is 0 Å². The van der Waals surface area contributed by atoms with Gasteiger partial charge in [0.1, 0.15) is 0 Å². The summed E-state index contributed by atoms with van der Waals surface area (Å²) in [5, 5.41) is 3.31. The molecule has 0 aromatic heterocycles. The molecule has 1 fully saturated rings.